The molecule has 6 nitrogen and oxygen atoms in total. The van der Waals surface area contributed by atoms with Crippen LogP contribution in [-0.4, -0.2) is 17.0 Å². The van der Waals surface area contributed by atoms with Gasteiger partial charge in [-0.2, -0.15) is 0 Å². The number of carbonyl (C=O) groups excluding carboxylic acids is 1. The Kier molecular flexibility index (Phi) is 4.50. The summed E-state index contributed by atoms with van der Waals surface area (Å²) in [6.45, 7) is 1.57. The highest BCUT2D eigenvalue weighted by molar-refractivity contribution is 5.77. The molecule has 21 heavy (non-hydrogen) atoms. The first-order valence-electron chi connectivity index (χ1n) is 6.24. The summed E-state index contributed by atoms with van der Waals surface area (Å²) in [4.78, 5) is 21.9. The van der Waals surface area contributed by atoms with Gasteiger partial charge in [0.15, 0.2) is 6.10 Å². The third kappa shape index (κ3) is 4.04. The van der Waals surface area contributed by atoms with Gasteiger partial charge >= 0.3 is 5.97 Å². The van der Waals surface area contributed by atoms with Crippen molar-refractivity contribution < 1.29 is 19.2 Å². The van der Waals surface area contributed by atoms with Crippen molar-refractivity contribution in [2.45, 2.75) is 13.0 Å². The minimum atomic E-state index is -0.789. The SMILES string of the molecule is CC(Oc1ccccc1)C(=O)Oc1ccc([N+](=O)[O-])cc1. The van der Waals surface area contributed by atoms with E-state index in [1.165, 1.54) is 24.3 Å². The van der Waals surface area contributed by atoms with Gasteiger partial charge in [0.2, 0.25) is 0 Å². The first kappa shape index (κ1) is 14.5. The molecule has 0 aliphatic rings. The molecular formula is C15H13NO5. The number of benzene rings is 2. The Bertz CT molecular complexity index is 624. The molecule has 0 aliphatic carbocycles. The summed E-state index contributed by atoms with van der Waals surface area (Å²) in [5.41, 5.74) is -0.0663. The highest BCUT2D eigenvalue weighted by atomic mass is 16.6. The zero-order valence-corrected chi connectivity index (χ0v) is 11.3. The summed E-state index contributed by atoms with van der Waals surface area (Å²) in [5, 5.41) is 10.5. The van der Waals surface area contributed by atoms with Gasteiger partial charge in [0.25, 0.3) is 5.69 Å². The van der Waals surface area contributed by atoms with E-state index in [2.05, 4.69) is 0 Å². The zero-order chi connectivity index (χ0) is 15.2. The fraction of sp³-hybridized carbons (Fsp3) is 0.133. The van der Waals surface area contributed by atoms with E-state index >= 15 is 0 Å². The van der Waals surface area contributed by atoms with Crippen LogP contribution in [0.25, 0.3) is 0 Å². The quantitative estimate of drug-likeness (QED) is 0.365. The predicted molar refractivity (Wildman–Crippen MR) is 75.3 cm³/mol. The molecule has 0 saturated heterocycles. The van der Waals surface area contributed by atoms with Gasteiger partial charge in [-0.15, -0.1) is 0 Å². The van der Waals surface area contributed by atoms with Crippen molar-refractivity contribution in [2.75, 3.05) is 0 Å². The lowest BCUT2D eigenvalue weighted by Gasteiger charge is -2.13. The molecule has 6 heteroatoms. The highest BCUT2D eigenvalue weighted by Crippen LogP contribution is 2.18. The van der Waals surface area contributed by atoms with E-state index in [0.717, 1.165) is 0 Å². The second-order valence-corrected chi connectivity index (χ2v) is 4.25. The third-order valence-corrected chi connectivity index (χ3v) is 2.65. The minimum absolute atomic E-state index is 0.0663. The van der Waals surface area contributed by atoms with Gasteiger partial charge in [-0.1, -0.05) is 18.2 Å². The summed E-state index contributed by atoms with van der Waals surface area (Å²) < 4.78 is 10.5. The van der Waals surface area contributed by atoms with Gasteiger partial charge < -0.3 is 9.47 Å². The number of ether oxygens (including phenoxy) is 2. The molecular weight excluding hydrogens is 274 g/mol. The number of nitro benzene ring substituents is 1. The van der Waals surface area contributed by atoms with Crippen molar-refractivity contribution in [3.63, 3.8) is 0 Å². The smallest absolute Gasteiger partial charge is 0.352 e. The highest BCUT2D eigenvalue weighted by Gasteiger charge is 2.17. The summed E-state index contributed by atoms with van der Waals surface area (Å²) in [7, 11) is 0. The fourth-order valence-electron chi connectivity index (χ4n) is 1.59. The Hall–Kier alpha value is -2.89. The number of rotatable bonds is 5. The molecule has 0 fully saturated rings. The van der Waals surface area contributed by atoms with E-state index in [0.29, 0.717) is 5.75 Å². The molecule has 0 radical (unpaired) electrons. The number of esters is 1. The summed E-state index contributed by atoms with van der Waals surface area (Å²) in [6, 6.07) is 14.2. The van der Waals surface area contributed by atoms with E-state index in [1.54, 1.807) is 31.2 Å². The van der Waals surface area contributed by atoms with Crippen LogP contribution in [0.2, 0.25) is 0 Å². The van der Waals surface area contributed by atoms with Crippen LogP contribution in [0.1, 0.15) is 6.92 Å². The van der Waals surface area contributed by atoms with E-state index in [4.69, 9.17) is 9.47 Å². The first-order valence-corrected chi connectivity index (χ1v) is 6.24. The molecule has 0 aliphatic heterocycles. The Balaban J connectivity index is 1.95. The van der Waals surface area contributed by atoms with Crippen LogP contribution in [0.3, 0.4) is 0 Å². The van der Waals surface area contributed by atoms with Gasteiger partial charge in [0.05, 0.1) is 4.92 Å². The van der Waals surface area contributed by atoms with Gasteiger partial charge in [-0.3, -0.25) is 10.1 Å². The van der Waals surface area contributed by atoms with E-state index in [1.807, 2.05) is 6.07 Å². The normalized spacial score (nSPS) is 11.5. The third-order valence-electron chi connectivity index (χ3n) is 2.65. The van der Waals surface area contributed by atoms with Crippen molar-refractivity contribution in [1.29, 1.82) is 0 Å². The molecule has 0 aromatic heterocycles. The molecule has 0 spiro atoms. The van der Waals surface area contributed by atoms with Crippen LogP contribution in [0.4, 0.5) is 5.69 Å². The number of para-hydroxylation sites is 1. The average molecular weight is 287 g/mol. The molecule has 2 aromatic rings. The van der Waals surface area contributed by atoms with Crippen molar-refractivity contribution in [3.8, 4) is 11.5 Å². The Morgan fingerprint density at radius 1 is 1.05 bits per heavy atom. The van der Waals surface area contributed by atoms with Gasteiger partial charge in [-0.25, -0.2) is 4.79 Å². The molecule has 0 bridgehead atoms. The van der Waals surface area contributed by atoms with E-state index < -0.39 is 17.0 Å². The lowest BCUT2D eigenvalue weighted by molar-refractivity contribution is -0.384. The standard InChI is InChI=1S/C15H13NO5/c1-11(20-13-5-3-2-4-6-13)15(17)21-14-9-7-12(8-10-14)16(18)19/h2-11H,1H3. The Labute approximate surface area is 121 Å². The van der Waals surface area contributed by atoms with Crippen LogP contribution in [-0.2, 0) is 4.79 Å². The number of hydrogen-bond acceptors (Lipinski definition) is 5. The minimum Gasteiger partial charge on any atom is -0.479 e. The number of nitrogens with zero attached hydrogens (tertiary/aromatic N) is 1. The van der Waals surface area contributed by atoms with Crippen molar-refractivity contribution in [3.05, 3.63) is 64.7 Å². The number of carbonyl (C=O) groups is 1. The van der Waals surface area contributed by atoms with Crippen molar-refractivity contribution >= 4 is 11.7 Å². The number of hydrogen-bond donors (Lipinski definition) is 0. The van der Waals surface area contributed by atoms with Crippen LogP contribution < -0.4 is 9.47 Å². The Morgan fingerprint density at radius 2 is 1.67 bits per heavy atom. The van der Waals surface area contributed by atoms with Crippen LogP contribution in [0.15, 0.2) is 54.6 Å². The summed E-state index contributed by atoms with van der Waals surface area (Å²) in [6.07, 6.45) is -0.789. The lowest BCUT2D eigenvalue weighted by Crippen LogP contribution is -2.28. The molecule has 0 N–H and O–H groups in total. The van der Waals surface area contributed by atoms with Crippen LogP contribution in [0, 0.1) is 10.1 Å². The molecule has 1 atom stereocenters. The molecule has 0 amide bonds. The van der Waals surface area contributed by atoms with Crippen molar-refractivity contribution in [1.82, 2.24) is 0 Å². The summed E-state index contributed by atoms with van der Waals surface area (Å²) >= 11 is 0. The molecule has 0 saturated carbocycles. The molecule has 1 unspecified atom stereocenters. The predicted octanol–water partition coefficient (Wildman–Crippen LogP) is 2.97. The molecule has 108 valence electrons. The summed E-state index contributed by atoms with van der Waals surface area (Å²) in [5.74, 6) is 0.215. The van der Waals surface area contributed by atoms with E-state index in [-0.39, 0.29) is 11.4 Å². The maximum Gasteiger partial charge on any atom is 0.352 e. The van der Waals surface area contributed by atoms with Crippen LogP contribution in [0.5, 0.6) is 11.5 Å². The molecule has 2 aromatic carbocycles. The Morgan fingerprint density at radius 3 is 2.24 bits per heavy atom. The maximum absolute atomic E-state index is 11.9. The van der Waals surface area contributed by atoms with Crippen LogP contribution >= 0.6 is 0 Å². The molecule has 2 rings (SSSR count). The monoisotopic (exact) mass is 287 g/mol. The lowest BCUT2D eigenvalue weighted by atomic mass is 10.3. The maximum atomic E-state index is 11.9. The topological polar surface area (TPSA) is 78.7 Å². The van der Waals surface area contributed by atoms with Crippen molar-refractivity contribution in [2.24, 2.45) is 0 Å². The first-order chi connectivity index (χ1) is 10.1. The fourth-order valence-corrected chi connectivity index (χ4v) is 1.59. The second-order valence-electron chi connectivity index (χ2n) is 4.25. The zero-order valence-electron chi connectivity index (χ0n) is 11.3. The second kappa shape index (κ2) is 6.51. The van der Waals surface area contributed by atoms with Gasteiger partial charge in [-0.05, 0) is 31.2 Å². The largest absolute Gasteiger partial charge is 0.479 e. The molecule has 0 heterocycles. The average Bonchev–Trinajstić information content (AvgIpc) is 2.48. The number of non-ortho nitro benzene ring substituents is 1. The number of nitro groups is 1. The van der Waals surface area contributed by atoms with Gasteiger partial charge in [0, 0.05) is 12.1 Å². The van der Waals surface area contributed by atoms with Gasteiger partial charge in [0.1, 0.15) is 11.5 Å². The van der Waals surface area contributed by atoms with E-state index in [9.17, 15) is 14.9 Å².